The maximum Gasteiger partial charge on any atom is 0.356 e. The summed E-state index contributed by atoms with van der Waals surface area (Å²) in [6.07, 6.45) is -0.0323. The SMILES string of the molecule is C=CC(=O)NC(OC)C(=O)OC. The number of carbonyl (C=O) groups excluding carboxylic acids is 2. The van der Waals surface area contributed by atoms with E-state index >= 15 is 0 Å². The van der Waals surface area contributed by atoms with Crippen LogP contribution in [0.1, 0.15) is 0 Å². The summed E-state index contributed by atoms with van der Waals surface area (Å²) in [5.41, 5.74) is 0. The molecule has 0 fully saturated rings. The number of ether oxygens (including phenoxy) is 2. The van der Waals surface area contributed by atoms with Gasteiger partial charge in [0.15, 0.2) is 0 Å². The molecule has 0 rings (SSSR count). The molecule has 0 aliphatic rings. The van der Waals surface area contributed by atoms with Crippen molar-refractivity contribution in [3.63, 3.8) is 0 Å². The molecule has 0 saturated heterocycles. The highest BCUT2D eigenvalue weighted by molar-refractivity contribution is 5.90. The summed E-state index contributed by atoms with van der Waals surface area (Å²) in [4.78, 5) is 21.5. The maximum absolute atomic E-state index is 10.8. The standard InChI is InChI=1S/C7H11NO4/c1-4-5(9)8-6(11-2)7(10)12-3/h4,6H,1H2,2-3H3,(H,8,9). The van der Waals surface area contributed by atoms with Crippen LogP contribution in [0.3, 0.4) is 0 Å². The molecule has 1 N–H and O–H groups in total. The van der Waals surface area contributed by atoms with Crippen LogP contribution >= 0.6 is 0 Å². The Bertz CT molecular complexity index is 190. The fourth-order valence-corrected chi connectivity index (χ4v) is 0.509. The van der Waals surface area contributed by atoms with E-state index in [4.69, 9.17) is 0 Å². The number of amides is 1. The van der Waals surface area contributed by atoms with Crippen molar-refractivity contribution < 1.29 is 19.1 Å². The Kier molecular flexibility index (Phi) is 4.71. The molecule has 1 atom stereocenters. The number of methoxy groups -OCH3 is 2. The Balaban J connectivity index is 4.07. The molecule has 68 valence electrons. The van der Waals surface area contributed by atoms with Gasteiger partial charge in [-0.05, 0) is 6.08 Å². The lowest BCUT2D eigenvalue weighted by molar-refractivity contribution is -0.156. The van der Waals surface area contributed by atoms with Crippen LogP contribution in [0.4, 0.5) is 0 Å². The van der Waals surface area contributed by atoms with Crippen LogP contribution in [0.15, 0.2) is 12.7 Å². The highest BCUT2D eigenvalue weighted by atomic mass is 16.6. The summed E-state index contributed by atoms with van der Waals surface area (Å²) < 4.78 is 8.96. The molecule has 0 saturated carbocycles. The predicted octanol–water partition coefficient (Wildman–Crippen LogP) is -0.566. The first-order valence-corrected chi connectivity index (χ1v) is 3.19. The number of rotatable bonds is 4. The van der Waals surface area contributed by atoms with E-state index in [1.165, 1.54) is 14.2 Å². The molecule has 0 aromatic heterocycles. The van der Waals surface area contributed by atoms with Crippen molar-refractivity contribution in [2.45, 2.75) is 6.23 Å². The first kappa shape index (κ1) is 10.6. The van der Waals surface area contributed by atoms with E-state index in [-0.39, 0.29) is 0 Å². The lowest BCUT2D eigenvalue weighted by atomic mass is 10.5. The summed E-state index contributed by atoms with van der Waals surface area (Å²) in [6.45, 7) is 3.21. The highest BCUT2D eigenvalue weighted by Crippen LogP contribution is 1.88. The first-order valence-electron chi connectivity index (χ1n) is 3.19. The Hall–Kier alpha value is -1.36. The van der Waals surface area contributed by atoms with Gasteiger partial charge in [-0.3, -0.25) is 4.79 Å². The summed E-state index contributed by atoms with van der Waals surface area (Å²) in [5, 5.41) is 2.21. The predicted molar refractivity (Wildman–Crippen MR) is 41.2 cm³/mol. The van der Waals surface area contributed by atoms with E-state index in [1.807, 2.05) is 0 Å². The van der Waals surface area contributed by atoms with E-state index in [0.717, 1.165) is 6.08 Å². The molecular formula is C7H11NO4. The zero-order chi connectivity index (χ0) is 9.56. The van der Waals surface area contributed by atoms with Crippen LogP contribution in [0, 0.1) is 0 Å². The molecule has 0 aliphatic heterocycles. The van der Waals surface area contributed by atoms with Crippen molar-refractivity contribution in [3.05, 3.63) is 12.7 Å². The van der Waals surface area contributed by atoms with Crippen molar-refractivity contribution in [2.75, 3.05) is 14.2 Å². The lowest BCUT2D eigenvalue weighted by Crippen LogP contribution is -2.41. The minimum absolute atomic E-state index is 0.493. The Morgan fingerprint density at radius 1 is 1.50 bits per heavy atom. The average Bonchev–Trinajstić information content (AvgIpc) is 2.12. The first-order chi connectivity index (χ1) is 5.65. The van der Waals surface area contributed by atoms with Crippen molar-refractivity contribution in [1.82, 2.24) is 5.32 Å². The Labute approximate surface area is 70.3 Å². The van der Waals surface area contributed by atoms with Gasteiger partial charge in [-0.15, -0.1) is 0 Å². The van der Waals surface area contributed by atoms with Crippen molar-refractivity contribution in [3.8, 4) is 0 Å². The van der Waals surface area contributed by atoms with Gasteiger partial charge in [-0.2, -0.15) is 0 Å². The third-order valence-corrected chi connectivity index (χ3v) is 1.11. The second-order valence-electron chi connectivity index (χ2n) is 1.85. The highest BCUT2D eigenvalue weighted by Gasteiger charge is 2.18. The fourth-order valence-electron chi connectivity index (χ4n) is 0.509. The van der Waals surface area contributed by atoms with Gasteiger partial charge in [0.25, 0.3) is 0 Å². The zero-order valence-corrected chi connectivity index (χ0v) is 6.99. The minimum atomic E-state index is -1.07. The van der Waals surface area contributed by atoms with Gasteiger partial charge >= 0.3 is 5.97 Å². The summed E-state index contributed by atoms with van der Waals surface area (Å²) in [5.74, 6) is -1.15. The second kappa shape index (κ2) is 5.31. The van der Waals surface area contributed by atoms with Crippen molar-refractivity contribution in [1.29, 1.82) is 0 Å². The monoisotopic (exact) mass is 173 g/mol. The zero-order valence-electron chi connectivity index (χ0n) is 6.99. The van der Waals surface area contributed by atoms with E-state index in [0.29, 0.717) is 0 Å². The molecule has 1 unspecified atom stereocenters. The van der Waals surface area contributed by atoms with E-state index in [9.17, 15) is 9.59 Å². The van der Waals surface area contributed by atoms with Gasteiger partial charge in [0.2, 0.25) is 12.1 Å². The van der Waals surface area contributed by atoms with Crippen LogP contribution in [-0.4, -0.2) is 32.3 Å². The maximum atomic E-state index is 10.8. The molecule has 5 heteroatoms. The lowest BCUT2D eigenvalue weighted by Gasteiger charge is -2.12. The van der Waals surface area contributed by atoms with E-state index in [1.54, 1.807) is 0 Å². The molecule has 12 heavy (non-hydrogen) atoms. The Morgan fingerprint density at radius 2 is 2.08 bits per heavy atom. The number of hydrogen-bond acceptors (Lipinski definition) is 4. The van der Waals surface area contributed by atoms with Crippen LogP contribution in [0.2, 0.25) is 0 Å². The topological polar surface area (TPSA) is 64.6 Å². The van der Waals surface area contributed by atoms with Crippen LogP contribution in [-0.2, 0) is 19.1 Å². The quantitative estimate of drug-likeness (QED) is 0.351. The largest absolute Gasteiger partial charge is 0.466 e. The summed E-state index contributed by atoms with van der Waals surface area (Å²) in [6, 6.07) is 0. The molecule has 0 bridgehead atoms. The average molecular weight is 173 g/mol. The second-order valence-corrected chi connectivity index (χ2v) is 1.85. The molecule has 0 heterocycles. The van der Waals surface area contributed by atoms with Gasteiger partial charge in [0.1, 0.15) is 0 Å². The van der Waals surface area contributed by atoms with Gasteiger partial charge < -0.3 is 14.8 Å². The molecule has 0 aliphatic carbocycles. The molecule has 5 nitrogen and oxygen atoms in total. The number of esters is 1. The molecule has 0 aromatic rings. The third-order valence-electron chi connectivity index (χ3n) is 1.11. The third kappa shape index (κ3) is 3.16. The molecule has 0 aromatic carbocycles. The van der Waals surface area contributed by atoms with Crippen LogP contribution in [0.5, 0.6) is 0 Å². The smallest absolute Gasteiger partial charge is 0.356 e. The molecule has 0 spiro atoms. The van der Waals surface area contributed by atoms with E-state index in [2.05, 4.69) is 21.4 Å². The molecule has 0 radical (unpaired) electrons. The van der Waals surface area contributed by atoms with Gasteiger partial charge in [-0.25, -0.2) is 4.79 Å². The van der Waals surface area contributed by atoms with Crippen molar-refractivity contribution >= 4 is 11.9 Å². The number of carbonyl (C=O) groups is 2. The summed E-state index contributed by atoms with van der Waals surface area (Å²) in [7, 11) is 2.49. The van der Waals surface area contributed by atoms with Gasteiger partial charge in [-0.1, -0.05) is 6.58 Å². The van der Waals surface area contributed by atoms with Crippen LogP contribution < -0.4 is 5.32 Å². The minimum Gasteiger partial charge on any atom is -0.466 e. The van der Waals surface area contributed by atoms with Crippen molar-refractivity contribution in [2.24, 2.45) is 0 Å². The van der Waals surface area contributed by atoms with Crippen LogP contribution in [0.25, 0.3) is 0 Å². The molecule has 1 amide bonds. The summed E-state index contributed by atoms with van der Waals surface area (Å²) >= 11 is 0. The number of nitrogens with one attached hydrogen (secondary N) is 1. The number of hydrogen-bond donors (Lipinski definition) is 1. The molecular weight excluding hydrogens is 162 g/mol. The van der Waals surface area contributed by atoms with E-state index < -0.39 is 18.1 Å². The fraction of sp³-hybridized carbons (Fsp3) is 0.429. The van der Waals surface area contributed by atoms with Gasteiger partial charge in [0.05, 0.1) is 7.11 Å². The Morgan fingerprint density at radius 3 is 2.42 bits per heavy atom. The van der Waals surface area contributed by atoms with Gasteiger partial charge in [0, 0.05) is 7.11 Å². The normalized spacial score (nSPS) is 11.5.